The Balaban J connectivity index is 0.00000363. The maximum absolute atomic E-state index is 12.1. The lowest BCUT2D eigenvalue weighted by atomic mass is 10.1. The van der Waals surface area contributed by atoms with E-state index in [2.05, 4.69) is 55.1 Å². The SMILES string of the molecule is CCNC(=NCc1ccc(CN2CCCCC2)cc1)NCCNC(=O)c1cccnc1.I. The van der Waals surface area contributed by atoms with Crippen LogP contribution in [0.3, 0.4) is 0 Å². The molecule has 1 saturated heterocycles. The summed E-state index contributed by atoms with van der Waals surface area (Å²) in [5, 5.41) is 9.39. The fourth-order valence-corrected chi connectivity index (χ4v) is 3.59. The van der Waals surface area contributed by atoms with Gasteiger partial charge in [0.25, 0.3) is 5.91 Å². The monoisotopic (exact) mass is 550 g/mol. The molecule has 1 fully saturated rings. The van der Waals surface area contributed by atoms with Crippen LogP contribution in [0.5, 0.6) is 0 Å². The summed E-state index contributed by atoms with van der Waals surface area (Å²) in [5.41, 5.74) is 3.11. The number of rotatable bonds is 9. The predicted molar refractivity (Wildman–Crippen MR) is 140 cm³/mol. The van der Waals surface area contributed by atoms with Crippen molar-refractivity contribution in [2.45, 2.75) is 39.3 Å². The number of nitrogens with one attached hydrogen (secondary N) is 3. The minimum Gasteiger partial charge on any atom is -0.357 e. The molecule has 3 rings (SSSR count). The number of aromatic nitrogens is 1. The lowest BCUT2D eigenvalue weighted by molar-refractivity contribution is 0.0954. The maximum atomic E-state index is 12.1. The molecule has 7 nitrogen and oxygen atoms in total. The molecule has 2 aromatic rings. The second-order valence-electron chi connectivity index (χ2n) is 7.77. The van der Waals surface area contributed by atoms with Crippen molar-refractivity contribution in [2.24, 2.45) is 4.99 Å². The number of amides is 1. The van der Waals surface area contributed by atoms with E-state index in [0.717, 1.165) is 19.0 Å². The summed E-state index contributed by atoms with van der Waals surface area (Å²) in [6.45, 7) is 7.99. The van der Waals surface area contributed by atoms with Gasteiger partial charge in [-0.3, -0.25) is 14.7 Å². The first-order valence-corrected chi connectivity index (χ1v) is 11.2. The van der Waals surface area contributed by atoms with Crippen LogP contribution in [-0.4, -0.2) is 54.5 Å². The Morgan fingerprint density at radius 1 is 1.00 bits per heavy atom. The van der Waals surface area contributed by atoms with Gasteiger partial charge in [0.15, 0.2) is 5.96 Å². The van der Waals surface area contributed by atoms with Crippen LogP contribution in [0.2, 0.25) is 0 Å². The van der Waals surface area contributed by atoms with E-state index in [1.54, 1.807) is 24.5 Å². The third kappa shape index (κ3) is 9.12. The van der Waals surface area contributed by atoms with Crippen LogP contribution in [0.4, 0.5) is 0 Å². The first kappa shape index (κ1) is 26.1. The molecule has 3 N–H and O–H groups in total. The number of benzene rings is 1. The number of hydrogen-bond donors (Lipinski definition) is 3. The summed E-state index contributed by atoms with van der Waals surface area (Å²) in [7, 11) is 0. The number of nitrogens with zero attached hydrogens (tertiary/aromatic N) is 3. The highest BCUT2D eigenvalue weighted by Gasteiger charge is 2.10. The standard InChI is InChI=1S/C24H34N6O.HI/c1-2-26-24(28-14-13-27-23(31)22-7-6-12-25-18-22)29-17-20-8-10-21(11-9-20)19-30-15-4-3-5-16-30;/h6-12,18H,2-5,13-17,19H2,1H3,(H,27,31)(H2,26,28,29);1H. The van der Waals surface area contributed by atoms with Gasteiger partial charge in [-0.15, -0.1) is 24.0 Å². The van der Waals surface area contributed by atoms with Crippen molar-refractivity contribution in [3.63, 3.8) is 0 Å². The van der Waals surface area contributed by atoms with Gasteiger partial charge < -0.3 is 16.0 Å². The van der Waals surface area contributed by atoms with Crippen molar-refractivity contribution < 1.29 is 4.79 Å². The summed E-state index contributed by atoms with van der Waals surface area (Å²) in [4.78, 5) is 23.2. The van der Waals surface area contributed by atoms with Crippen LogP contribution in [-0.2, 0) is 13.1 Å². The summed E-state index contributed by atoms with van der Waals surface area (Å²) >= 11 is 0. The zero-order valence-electron chi connectivity index (χ0n) is 18.8. The second-order valence-corrected chi connectivity index (χ2v) is 7.77. The smallest absolute Gasteiger partial charge is 0.252 e. The number of likely N-dealkylation sites (tertiary alicyclic amines) is 1. The molecule has 0 saturated carbocycles. The van der Waals surface area contributed by atoms with Crippen molar-refractivity contribution in [3.8, 4) is 0 Å². The number of halogens is 1. The molecule has 8 heteroatoms. The number of hydrogen-bond acceptors (Lipinski definition) is 4. The first-order valence-electron chi connectivity index (χ1n) is 11.2. The highest BCUT2D eigenvalue weighted by molar-refractivity contribution is 14.0. The fraction of sp³-hybridized carbons (Fsp3) is 0.458. The van der Waals surface area contributed by atoms with Gasteiger partial charge in [-0.2, -0.15) is 0 Å². The van der Waals surface area contributed by atoms with Gasteiger partial charge in [-0.1, -0.05) is 30.7 Å². The van der Waals surface area contributed by atoms with Crippen LogP contribution in [0.25, 0.3) is 0 Å². The van der Waals surface area contributed by atoms with Gasteiger partial charge in [0.05, 0.1) is 12.1 Å². The van der Waals surface area contributed by atoms with Gasteiger partial charge in [-0.25, -0.2) is 4.99 Å². The minimum atomic E-state index is -0.124. The fourth-order valence-electron chi connectivity index (χ4n) is 3.59. The van der Waals surface area contributed by atoms with E-state index in [-0.39, 0.29) is 29.9 Å². The lowest BCUT2D eigenvalue weighted by Gasteiger charge is -2.26. The van der Waals surface area contributed by atoms with E-state index < -0.39 is 0 Å². The Hall–Kier alpha value is -2.20. The Bertz CT molecular complexity index is 822. The summed E-state index contributed by atoms with van der Waals surface area (Å²) in [5.74, 6) is 0.622. The van der Waals surface area contributed by atoms with E-state index in [1.165, 1.54) is 43.5 Å². The number of aliphatic imine (C=N–C) groups is 1. The zero-order valence-corrected chi connectivity index (χ0v) is 21.2. The average Bonchev–Trinajstić information content (AvgIpc) is 2.82. The highest BCUT2D eigenvalue weighted by atomic mass is 127. The summed E-state index contributed by atoms with van der Waals surface area (Å²) < 4.78 is 0. The average molecular weight is 550 g/mol. The second kappa shape index (κ2) is 14.8. The Morgan fingerprint density at radius 3 is 2.41 bits per heavy atom. The molecule has 174 valence electrons. The molecular formula is C24H35IN6O. The normalized spacial score (nSPS) is 14.3. The molecule has 2 heterocycles. The number of pyridine rings is 1. The van der Waals surface area contributed by atoms with Crippen LogP contribution >= 0.6 is 24.0 Å². The van der Waals surface area contributed by atoms with Crippen LogP contribution in [0, 0.1) is 0 Å². The van der Waals surface area contributed by atoms with E-state index in [9.17, 15) is 4.79 Å². The molecule has 0 unspecified atom stereocenters. The van der Waals surface area contributed by atoms with Crippen molar-refractivity contribution >= 4 is 35.8 Å². The van der Waals surface area contributed by atoms with Gasteiger partial charge in [0, 0.05) is 38.6 Å². The molecule has 0 aliphatic carbocycles. The Labute approximate surface area is 208 Å². The number of guanidine groups is 1. The molecular weight excluding hydrogens is 515 g/mol. The van der Waals surface area contributed by atoms with E-state index in [4.69, 9.17) is 0 Å². The van der Waals surface area contributed by atoms with Gasteiger partial charge in [-0.05, 0) is 56.1 Å². The first-order chi connectivity index (χ1) is 15.2. The largest absolute Gasteiger partial charge is 0.357 e. The molecule has 32 heavy (non-hydrogen) atoms. The molecule has 0 spiro atoms. The molecule has 1 amide bonds. The summed E-state index contributed by atoms with van der Waals surface area (Å²) in [6.07, 6.45) is 7.22. The van der Waals surface area contributed by atoms with Crippen LogP contribution in [0.1, 0.15) is 47.7 Å². The van der Waals surface area contributed by atoms with Crippen molar-refractivity contribution in [1.82, 2.24) is 25.8 Å². The van der Waals surface area contributed by atoms with Gasteiger partial charge in [0.2, 0.25) is 0 Å². The van der Waals surface area contributed by atoms with E-state index >= 15 is 0 Å². The highest BCUT2D eigenvalue weighted by Crippen LogP contribution is 2.14. The van der Waals surface area contributed by atoms with Crippen molar-refractivity contribution in [1.29, 1.82) is 0 Å². The zero-order chi connectivity index (χ0) is 21.7. The van der Waals surface area contributed by atoms with Gasteiger partial charge in [0.1, 0.15) is 0 Å². The molecule has 0 radical (unpaired) electrons. The maximum Gasteiger partial charge on any atom is 0.252 e. The third-order valence-corrected chi connectivity index (χ3v) is 5.27. The van der Waals surface area contributed by atoms with Crippen molar-refractivity contribution in [3.05, 3.63) is 65.5 Å². The molecule has 1 aliphatic heterocycles. The number of carbonyl (C=O) groups is 1. The van der Waals surface area contributed by atoms with Crippen LogP contribution < -0.4 is 16.0 Å². The number of carbonyl (C=O) groups excluding carboxylic acids is 1. The third-order valence-electron chi connectivity index (χ3n) is 5.27. The Morgan fingerprint density at radius 2 is 1.72 bits per heavy atom. The summed E-state index contributed by atoms with van der Waals surface area (Å²) in [6, 6.07) is 12.3. The van der Waals surface area contributed by atoms with E-state index in [1.807, 2.05) is 6.92 Å². The van der Waals surface area contributed by atoms with E-state index in [0.29, 0.717) is 25.2 Å². The van der Waals surface area contributed by atoms with Gasteiger partial charge >= 0.3 is 0 Å². The lowest BCUT2D eigenvalue weighted by Crippen LogP contribution is -2.41. The number of piperidine rings is 1. The van der Waals surface area contributed by atoms with Crippen molar-refractivity contribution in [2.75, 3.05) is 32.7 Å². The minimum absolute atomic E-state index is 0. The molecule has 1 aromatic heterocycles. The Kier molecular flexibility index (Phi) is 12.0. The molecule has 1 aliphatic rings. The quantitative estimate of drug-likeness (QED) is 0.194. The topological polar surface area (TPSA) is 81.7 Å². The molecule has 0 bridgehead atoms. The predicted octanol–water partition coefficient (Wildman–Crippen LogP) is 3.17. The molecule has 0 atom stereocenters. The molecule has 1 aromatic carbocycles. The van der Waals surface area contributed by atoms with Crippen LogP contribution in [0.15, 0.2) is 53.8 Å².